The van der Waals surface area contributed by atoms with Crippen molar-refractivity contribution in [2.45, 2.75) is 25.9 Å². The van der Waals surface area contributed by atoms with Gasteiger partial charge in [0.05, 0.1) is 15.5 Å². The zero-order valence-corrected chi connectivity index (χ0v) is 13.3. The molecule has 1 fully saturated rings. The molecule has 0 bridgehead atoms. The number of hydrogen-bond acceptors (Lipinski definition) is 4. The van der Waals surface area contributed by atoms with Crippen LogP contribution in [0.25, 0.3) is 0 Å². The third-order valence-electron chi connectivity index (χ3n) is 3.52. The lowest BCUT2D eigenvalue weighted by Crippen LogP contribution is -2.40. The van der Waals surface area contributed by atoms with Crippen LogP contribution >= 0.6 is 15.9 Å². The van der Waals surface area contributed by atoms with E-state index in [1.165, 1.54) is 12.1 Å². The maximum absolute atomic E-state index is 12.4. The first-order valence-corrected chi connectivity index (χ1v) is 7.67. The molecule has 0 radical (unpaired) electrons. The Bertz CT molecular complexity index is 542. The van der Waals surface area contributed by atoms with Gasteiger partial charge in [0.2, 0.25) is 0 Å². The average molecular weight is 357 g/mol. The predicted molar refractivity (Wildman–Crippen MR) is 81.3 cm³/mol. The van der Waals surface area contributed by atoms with Crippen LogP contribution in [0.1, 0.15) is 30.1 Å². The van der Waals surface area contributed by atoms with E-state index in [2.05, 4.69) is 15.9 Å². The number of nitrogens with zero attached hydrogens (tertiary/aromatic N) is 2. The van der Waals surface area contributed by atoms with Gasteiger partial charge >= 0.3 is 0 Å². The molecule has 1 aromatic rings. The van der Waals surface area contributed by atoms with E-state index in [-0.39, 0.29) is 17.7 Å². The minimum atomic E-state index is -0.498. The second-order valence-corrected chi connectivity index (χ2v) is 5.72. The highest BCUT2D eigenvalue weighted by Crippen LogP contribution is 2.26. The molecule has 7 heteroatoms. The molecule has 1 saturated heterocycles. The van der Waals surface area contributed by atoms with E-state index in [0.29, 0.717) is 29.7 Å². The summed E-state index contributed by atoms with van der Waals surface area (Å²) in [6.45, 7) is 3.87. The highest BCUT2D eigenvalue weighted by molar-refractivity contribution is 9.10. The van der Waals surface area contributed by atoms with Gasteiger partial charge in [0.15, 0.2) is 0 Å². The van der Waals surface area contributed by atoms with Crippen molar-refractivity contribution < 1.29 is 14.5 Å². The SMILES string of the molecule is CCOC1CCN(C(=O)c2ccc(Br)c([N+](=O)[O-])c2)CC1. The summed E-state index contributed by atoms with van der Waals surface area (Å²) in [5.41, 5.74) is 0.254. The summed E-state index contributed by atoms with van der Waals surface area (Å²) in [7, 11) is 0. The van der Waals surface area contributed by atoms with Gasteiger partial charge in [-0.15, -0.1) is 0 Å². The molecule has 21 heavy (non-hydrogen) atoms. The molecule has 0 unspecified atom stereocenters. The zero-order valence-electron chi connectivity index (χ0n) is 11.8. The van der Waals surface area contributed by atoms with Gasteiger partial charge in [0.1, 0.15) is 0 Å². The molecular formula is C14H17BrN2O4. The van der Waals surface area contributed by atoms with Gasteiger partial charge in [-0.25, -0.2) is 0 Å². The van der Waals surface area contributed by atoms with Gasteiger partial charge in [-0.2, -0.15) is 0 Å². The number of rotatable bonds is 4. The van der Waals surface area contributed by atoms with Crippen LogP contribution in [0.15, 0.2) is 22.7 Å². The normalized spacial score (nSPS) is 16.0. The van der Waals surface area contributed by atoms with Gasteiger partial charge in [0.25, 0.3) is 11.6 Å². The number of nitro groups is 1. The van der Waals surface area contributed by atoms with Crippen molar-refractivity contribution in [2.24, 2.45) is 0 Å². The number of amides is 1. The summed E-state index contributed by atoms with van der Waals surface area (Å²) in [6.07, 6.45) is 1.81. The Kier molecular flexibility index (Phi) is 5.30. The quantitative estimate of drug-likeness (QED) is 0.613. The summed E-state index contributed by atoms with van der Waals surface area (Å²) < 4.78 is 5.92. The minimum Gasteiger partial charge on any atom is -0.378 e. The largest absolute Gasteiger partial charge is 0.378 e. The minimum absolute atomic E-state index is 0.0925. The topological polar surface area (TPSA) is 72.7 Å². The number of benzene rings is 1. The molecular weight excluding hydrogens is 340 g/mol. The van der Waals surface area contributed by atoms with Crippen LogP contribution in [0.2, 0.25) is 0 Å². The summed E-state index contributed by atoms with van der Waals surface area (Å²) in [4.78, 5) is 24.5. The van der Waals surface area contributed by atoms with Crippen molar-refractivity contribution in [3.63, 3.8) is 0 Å². The van der Waals surface area contributed by atoms with E-state index >= 15 is 0 Å². The monoisotopic (exact) mass is 356 g/mol. The van der Waals surface area contributed by atoms with Crippen LogP contribution in [0.4, 0.5) is 5.69 Å². The van der Waals surface area contributed by atoms with Gasteiger partial charge in [-0.05, 0) is 47.8 Å². The highest BCUT2D eigenvalue weighted by Gasteiger charge is 2.25. The molecule has 1 aliphatic heterocycles. The van der Waals surface area contributed by atoms with Gasteiger partial charge in [-0.1, -0.05) is 0 Å². The smallest absolute Gasteiger partial charge is 0.284 e. The Morgan fingerprint density at radius 2 is 2.14 bits per heavy atom. The van der Waals surface area contributed by atoms with E-state index in [1.807, 2.05) is 6.92 Å². The number of ether oxygens (including phenoxy) is 1. The lowest BCUT2D eigenvalue weighted by Gasteiger charge is -2.31. The van der Waals surface area contributed by atoms with Crippen LogP contribution in [0, 0.1) is 10.1 Å². The Morgan fingerprint density at radius 1 is 1.48 bits per heavy atom. The standard InChI is InChI=1S/C14H17BrN2O4/c1-2-21-11-5-7-16(8-6-11)14(18)10-3-4-12(15)13(9-10)17(19)20/h3-4,9,11H,2,5-8H2,1H3. The fourth-order valence-electron chi connectivity index (χ4n) is 2.43. The molecule has 1 aliphatic rings. The summed E-state index contributed by atoms with van der Waals surface area (Å²) >= 11 is 3.12. The van der Waals surface area contributed by atoms with E-state index in [1.54, 1.807) is 11.0 Å². The molecule has 0 aliphatic carbocycles. The predicted octanol–water partition coefficient (Wildman–Crippen LogP) is 3.00. The number of piperidine rings is 1. The maximum atomic E-state index is 12.4. The number of nitro benzene ring substituents is 1. The van der Waals surface area contributed by atoms with Crippen molar-refractivity contribution in [1.29, 1.82) is 0 Å². The lowest BCUT2D eigenvalue weighted by molar-refractivity contribution is -0.385. The van der Waals surface area contributed by atoms with Crippen molar-refractivity contribution >= 4 is 27.5 Å². The summed E-state index contributed by atoms with van der Waals surface area (Å²) in [5, 5.41) is 10.9. The Labute approximate surface area is 131 Å². The molecule has 1 amide bonds. The molecule has 1 heterocycles. The van der Waals surface area contributed by atoms with E-state index in [4.69, 9.17) is 4.74 Å². The van der Waals surface area contributed by atoms with Crippen LogP contribution < -0.4 is 0 Å². The third-order valence-corrected chi connectivity index (χ3v) is 4.19. The average Bonchev–Trinajstić information content (AvgIpc) is 2.48. The van der Waals surface area contributed by atoms with Gasteiger partial charge in [0, 0.05) is 31.3 Å². The highest BCUT2D eigenvalue weighted by atomic mass is 79.9. The van der Waals surface area contributed by atoms with Gasteiger partial charge in [-0.3, -0.25) is 14.9 Å². The second kappa shape index (κ2) is 7.00. The van der Waals surface area contributed by atoms with Crippen LogP contribution in [-0.4, -0.2) is 41.5 Å². The molecule has 0 aromatic heterocycles. The van der Waals surface area contributed by atoms with Gasteiger partial charge < -0.3 is 9.64 Å². The van der Waals surface area contributed by atoms with E-state index in [0.717, 1.165) is 12.8 Å². The first kappa shape index (κ1) is 15.9. The number of carbonyl (C=O) groups is 1. The molecule has 0 spiro atoms. The summed E-state index contributed by atoms with van der Waals surface area (Å²) in [6, 6.07) is 4.47. The van der Waals surface area contributed by atoms with Crippen LogP contribution in [0.3, 0.4) is 0 Å². The molecule has 0 atom stereocenters. The van der Waals surface area contributed by atoms with E-state index < -0.39 is 4.92 Å². The zero-order chi connectivity index (χ0) is 15.4. The summed E-state index contributed by atoms with van der Waals surface area (Å²) in [5.74, 6) is -0.166. The van der Waals surface area contributed by atoms with Crippen molar-refractivity contribution in [1.82, 2.24) is 4.90 Å². The fraction of sp³-hybridized carbons (Fsp3) is 0.500. The molecule has 0 N–H and O–H groups in total. The molecule has 2 rings (SSSR count). The maximum Gasteiger partial charge on any atom is 0.284 e. The number of carbonyl (C=O) groups excluding carboxylic acids is 1. The lowest BCUT2D eigenvalue weighted by atomic mass is 10.1. The van der Waals surface area contributed by atoms with Crippen molar-refractivity contribution in [3.05, 3.63) is 38.3 Å². The molecule has 0 saturated carbocycles. The molecule has 114 valence electrons. The van der Waals surface area contributed by atoms with Crippen molar-refractivity contribution in [2.75, 3.05) is 19.7 Å². The number of halogens is 1. The fourth-order valence-corrected chi connectivity index (χ4v) is 2.82. The third kappa shape index (κ3) is 3.79. The first-order chi connectivity index (χ1) is 10.0. The second-order valence-electron chi connectivity index (χ2n) is 4.87. The van der Waals surface area contributed by atoms with Crippen molar-refractivity contribution in [3.8, 4) is 0 Å². The van der Waals surface area contributed by atoms with E-state index in [9.17, 15) is 14.9 Å². The Balaban J connectivity index is 2.07. The Morgan fingerprint density at radius 3 is 2.71 bits per heavy atom. The number of hydrogen-bond donors (Lipinski definition) is 0. The first-order valence-electron chi connectivity index (χ1n) is 6.87. The number of likely N-dealkylation sites (tertiary alicyclic amines) is 1. The Hall–Kier alpha value is -1.47. The molecule has 6 nitrogen and oxygen atoms in total. The molecule has 1 aromatic carbocycles. The van der Waals surface area contributed by atoms with Crippen LogP contribution in [0.5, 0.6) is 0 Å². The van der Waals surface area contributed by atoms with Crippen LogP contribution in [-0.2, 0) is 4.74 Å².